The minimum absolute atomic E-state index is 0.0489. The number of ether oxygens (including phenoxy) is 1. The summed E-state index contributed by atoms with van der Waals surface area (Å²) in [6, 6.07) is 13.5. The summed E-state index contributed by atoms with van der Waals surface area (Å²) >= 11 is 0. The second kappa shape index (κ2) is 7.25. The maximum absolute atomic E-state index is 12.6. The highest BCUT2D eigenvalue weighted by Gasteiger charge is 2.33. The van der Waals surface area contributed by atoms with Gasteiger partial charge in [0.25, 0.3) is 5.69 Å². The second-order valence-electron chi connectivity index (χ2n) is 6.73. The van der Waals surface area contributed by atoms with Crippen molar-refractivity contribution in [2.24, 2.45) is 0 Å². The summed E-state index contributed by atoms with van der Waals surface area (Å²) in [5.74, 6) is -0.222. The van der Waals surface area contributed by atoms with Crippen LogP contribution in [0.15, 0.2) is 48.5 Å². The van der Waals surface area contributed by atoms with Gasteiger partial charge >= 0.3 is 0 Å². The van der Waals surface area contributed by atoms with E-state index in [1.54, 1.807) is 36.4 Å². The van der Waals surface area contributed by atoms with Crippen molar-refractivity contribution in [3.63, 3.8) is 0 Å². The Hall–Kier alpha value is -2.73. The van der Waals surface area contributed by atoms with Crippen molar-refractivity contribution in [1.29, 1.82) is 0 Å². The fraction of sp³-hybridized carbons (Fsp3) is 0.350. The van der Waals surface area contributed by atoms with Gasteiger partial charge in [0.05, 0.1) is 17.1 Å². The van der Waals surface area contributed by atoms with Gasteiger partial charge in [0.15, 0.2) is 5.78 Å². The van der Waals surface area contributed by atoms with Gasteiger partial charge in [0.2, 0.25) is 0 Å². The molecule has 1 aliphatic heterocycles. The highest BCUT2D eigenvalue weighted by atomic mass is 16.6. The predicted octanol–water partition coefficient (Wildman–Crippen LogP) is 3.83. The zero-order valence-electron chi connectivity index (χ0n) is 15.0. The van der Waals surface area contributed by atoms with Crippen LogP contribution in [0.1, 0.15) is 36.2 Å². The molecule has 1 heterocycles. The summed E-state index contributed by atoms with van der Waals surface area (Å²) < 4.78 is 5.82. The maximum Gasteiger partial charge on any atom is 0.293 e. The van der Waals surface area contributed by atoms with Gasteiger partial charge in [-0.1, -0.05) is 37.3 Å². The first kappa shape index (κ1) is 18.1. The molecule has 1 atom stereocenters. The number of anilines is 1. The topological polar surface area (TPSA) is 72.7 Å². The van der Waals surface area contributed by atoms with Crippen LogP contribution >= 0.6 is 0 Å². The third kappa shape index (κ3) is 3.60. The molecule has 6 heteroatoms. The zero-order valence-corrected chi connectivity index (χ0v) is 15.0. The number of nitrogens with zero attached hydrogens (tertiary/aromatic N) is 2. The SMILES string of the molecule is CCC1(C)CN(c2ccc(C(=O)c3ccccc3)cc2[N+](=O)[O-])CCO1. The van der Waals surface area contributed by atoms with Crippen molar-refractivity contribution in [3.05, 3.63) is 69.8 Å². The van der Waals surface area contributed by atoms with Gasteiger partial charge in [-0.05, 0) is 25.5 Å². The van der Waals surface area contributed by atoms with Crippen LogP contribution in [-0.2, 0) is 4.74 Å². The molecular weight excluding hydrogens is 332 g/mol. The summed E-state index contributed by atoms with van der Waals surface area (Å²) in [5.41, 5.74) is 0.984. The lowest BCUT2D eigenvalue weighted by atomic mass is 9.99. The van der Waals surface area contributed by atoms with E-state index in [2.05, 4.69) is 0 Å². The Morgan fingerprint density at radius 1 is 1.23 bits per heavy atom. The van der Waals surface area contributed by atoms with Gasteiger partial charge in [0, 0.05) is 30.3 Å². The number of carbonyl (C=O) groups is 1. The lowest BCUT2D eigenvalue weighted by molar-refractivity contribution is -0.384. The molecule has 0 N–H and O–H groups in total. The van der Waals surface area contributed by atoms with E-state index in [-0.39, 0.29) is 17.1 Å². The minimum atomic E-state index is -0.421. The number of carbonyl (C=O) groups excluding carboxylic acids is 1. The molecule has 0 saturated carbocycles. The molecule has 6 nitrogen and oxygen atoms in total. The van der Waals surface area contributed by atoms with Gasteiger partial charge in [-0.25, -0.2) is 0 Å². The van der Waals surface area contributed by atoms with Crippen molar-refractivity contribution in [1.82, 2.24) is 0 Å². The van der Waals surface area contributed by atoms with E-state index in [0.29, 0.717) is 36.5 Å². The highest BCUT2D eigenvalue weighted by molar-refractivity contribution is 6.09. The van der Waals surface area contributed by atoms with Crippen molar-refractivity contribution >= 4 is 17.2 Å². The van der Waals surface area contributed by atoms with E-state index in [4.69, 9.17) is 4.74 Å². The Bertz CT molecular complexity index is 822. The number of nitro groups is 1. The Morgan fingerprint density at radius 3 is 2.62 bits per heavy atom. The van der Waals surface area contributed by atoms with Crippen LogP contribution in [0.4, 0.5) is 11.4 Å². The van der Waals surface area contributed by atoms with Crippen molar-refractivity contribution in [2.45, 2.75) is 25.9 Å². The number of morpholine rings is 1. The normalized spacial score (nSPS) is 20.0. The largest absolute Gasteiger partial charge is 0.372 e. The smallest absolute Gasteiger partial charge is 0.293 e. The van der Waals surface area contributed by atoms with Gasteiger partial charge < -0.3 is 9.64 Å². The summed E-state index contributed by atoms with van der Waals surface area (Å²) in [5, 5.41) is 11.6. The van der Waals surface area contributed by atoms with Crippen LogP contribution in [0.2, 0.25) is 0 Å². The molecule has 1 aliphatic rings. The minimum Gasteiger partial charge on any atom is -0.372 e. The average Bonchev–Trinajstić information content (AvgIpc) is 2.67. The molecule has 0 aromatic heterocycles. The molecule has 2 aromatic carbocycles. The number of hydrogen-bond acceptors (Lipinski definition) is 5. The number of rotatable bonds is 5. The molecule has 2 aromatic rings. The monoisotopic (exact) mass is 354 g/mol. The van der Waals surface area contributed by atoms with Gasteiger partial charge in [0.1, 0.15) is 5.69 Å². The summed E-state index contributed by atoms with van der Waals surface area (Å²) in [7, 11) is 0. The molecule has 0 aliphatic carbocycles. The lowest BCUT2D eigenvalue weighted by Crippen LogP contribution is -2.50. The van der Waals surface area contributed by atoms with Crippen LogP contribution < -0.4 is 4.90 Å². The predicted molar refractivity (Wildman–Crippen MR) is 99.8 cm³/mol. The number of nitro benzene ring substituents is 1. The summed E-state index contributed by atoms with van der Waals surface area (Å²) in [6.45, 7) is 5.74. The van der Waals surface area contributed by atoms with Crippen molar-refractivity contribution in [2.75, 3.05) is 24.6 Å². The van der Waals surface area contributed by atoms with Crippen molar-refractivity contribution in [3.8, 4) is 0 Å². The molecule has 0 spiro atoms. The first-order valence-electron chi connectivity index (χ1n) is 8.70. The molecule has 3 rings (SSSR count). The van der Waals surface area contributed by atoms with E-state index < -0.39 is 4.92 Å². The van der Waals surface area contributed by atoms with Crippen LogP contribution in [0.5, 0.6) is 0 Å². The van der Waals surface area contributed by atoms with E-state index in [9.17, 15) is 14.9 Å². The van der Waals surface area contributed by atoms with Gasteiger partial charge in [-0.3, -0.25) is 14.9 Å². The maximum atomic E-state index is 12.6. The molecular formula is C20H22N2O4. The Labute approximate surface area is 152 Å². The van der Waals surface area contributed by atoms with E-state index in [1.165, 1.54) is 6.07 Å². The average molecular weight is 354 g/mol. The zero-order chi connectivity index (χ0) is 18.7. The van der Waals surface area contributed by atoms with Gasteiger partial charge in [-0.15, -0.1) is 0 Å². The molecule has 0 amide bonds. The number of ketones is 1. The lowest BCUT2D eigenvalue weighted by Gasteiger charge is -2.41. The summed E-state index contributed by atoms with van der Waals surface area (Å²) in [4.78, 5) is 25.8. The van der Waals surface area contributed by atoms with Crippen molar-refractivity contribution < 1.29 is 14.5 Å². The van der Waals surface area contributed by atoms with Crippen LogP contribution in [0.3, 0.4) is 0 Å². The fourth-order valence-electron chi connectivity index (χ4n) is 3.18. The molecule has 0 bridgehead atoms. The van der Waals surface area contributed by atoms with Crippen LogP contribution in [-0.4, -0.2) is 36.0 Å². The standard InChI is InChI=1S/C20H22N2O4/c1-3-20(2)14-21(11-12-26-20)17-10-9-16(13-18(17)22(24)25)19(23)15-7-5-4-6-8-15/h4-10,13H,3,11-12,14H2,1-2H3. The van der Waals surface area contributed by atoms with E-state index in [1.807, 2.05) is 24.8 Å². The van der Waals surface area contributed by atoms with E-state index in [0.717, 1.165) is 6.42 Å². The first-order chi connectivity index (χ1) is 12.4. The third-order valence-corrected chi connectivity index (χ3v) is 4.90. The molecule has 26 heavy (non-hydrogen) atoms. The van der Waals surface area contributed by atoms with Crippen LogP contribution in [0.25, 0.3) is 0 Å². The van der Waals surface area contributed by atoms with E-state index >= 15 is 0 Å². The molecule has 1 saturated heterocycles. The Kier molecular flexibility index (Phi) is 5.04. The molecule has 1 fully saturated rings. The third-order valence-electron chi connectivity index (χ3n) is 4.90. The fourth-order valence-corrected chi connectivity index (χ4v) is 3.18. The van der Waals surface area contributed by atoms with Crippen LogP contribution in [0, 0.1) is 10.1 Å². The quantitative estimate of drug-likeness (QED) is 0.463. The number of hydrogen-bond donors (Lipinski definition) is 0. The molecule has 136 valence electrons. The number of benzene rings is 2. The second-order valence-corrected chi connectivity index (χ2v) is 6.73. The summed E-state index contributed by atoms with van der Waals surface area (Å²) in [6.07, 6.45) is 0.821. The molecule has 0 radical (unpaired) electrons. The molecule has 1 unspecified atom stereocenters. The van der Waals surface area contributed by atoms with Gasteiger partial charge in [-0.2, -0.15) is 0 Å². The first-order valence-corrected chi connectivity index (χ1v) is 8.70. The Balaban J connectivity index is 1.95. The Morgan fingerprint density at radius 2 is 1.96 bits per heavy atom. The highest BCUT2D eigenvalue weighted by Crippen LogP contribution is 2.33.